The molecule has 143 valence electrons. The van der Waals surface area contributed by atoms with Crippen LogP contribution in [0.1, 0.15) is 48.5 Å². The molecule has 0 fully saturated rings. The number of ether oxygens (including phenoxy) is 2. The molecule has 0 aromatic heterocycles. The van der Waals surface area contributed by atoms with E-state index in [1.807, 2.05) is 20.1 Å². The highest BCUT2D eigenvalue weighted by Crippen LogP contribution is 2.26. The Hall–Kier alpha value is -0.306. The lowest BCUT2D eigenvalue weighted by Gasteiger charge is -2.32. The monoisotopic (exact) mass is 375 g/mol. The van der Waals surface area contributed by atoms with Gasteiger partial charge in [-0.25, -0.2) is 0 Å². The van der Waals surface area contributed by atoms with Crippen LogP contribution in [-0.4, -0.2) is 43.3 Å². The molecule has 0 heterocycles. The van der Waals surface area contributed by atoms with Crippen LogP contribution >= 0.6 is 0 Å². The van der Waals surface area contributed by atoms with Crippen LogP contribution in [0.2, 0.25) is 30.2 Å². The maximum absolute atomic E-state index is 6.30. The lowest BCUT2D eigenvalue weighted by Crippen LogP contribution is -2.41. The first kappa shape index (κ1) is 23.7. The van der Waals surface area contributed by atoms with E-state index in [9.17, 15) is 0 Å². The van der Waals surface area contributed by atoms with E-state index in [-0.39, 0.29) is 6.10 Å². The van der Waals surface area contributed by atoms with Crippen LogP contribution < -0.4 is 0 Å². The second kappa shape index (κ2) is 13.9. The Kier molecular flexibility index (Phi) is 13.7. The first-order valence-electron chi connectivity index (χ1n) is 9.57. The average Bonchev–Trinajstić information content (AvgIpc) is 2.59. The third-order valence-electron chi connectivity index (χ3n) is 4.40. The molecule has 6 heteroatoms. The van der Waals surface area contributed by atoms with Gasteiger partial charge in [0.25, 0.3) is 8.32 Å². The molecule has 1 radical (unpaired) electrons. The lowest BCUT2D eigenvalue weighted by atomic mass is 10.4. The molecule has 0 aromatic rings. The van der Waals surface area contributed by atoms with Gasteiger partial charge >= 0.3 is 0 Å². The predicted molar refractivity (Wildman–Crippen MR) is 106 cm³/mol. The first-order chi connectivity index (χ1) is 11.5. The highest BCUT2D eigenvalue weighted by atomic mass is 28.4. The van der Waals surface area contributed by atoms with Crippen LogP contribution in [0.25, 0.3) is 0 Å². The molecule has 4 nitrogen and oxygen atoms in total. The van der Waals surface area contributed by atoms with E-state index in [1.165, 1.54) is 0 Å². The van der Waals surface area contributed by atoms with Crippen LogP contribution in [0, 0.1) is 0 Å². The van der Waals surface area contributed by atoms with Crippen molar-refractivity contribution in [3.8, 4) is 0 Å². The van der Waals surface area contributed by atoms with Crippen LogP contribution in [-0.2, 0) is 18.3 Å². The standard InChI is InChI=1S/C18H39O4Si2/c1-8-19-17(7)14-22-24(12-5,13-6)16-18(20-9-2)15-21-23(10-3)11-4/h14,18H,8-13,15-16H2,1-7H3/b17-14-. The summed E-state index contributed by atoms with van der Waals surface area (Å²) in [4.78, 5) is 0. The molecule has 0 aromatic carbocycles. The topological polar surface area (TPSA) is 36.9 Å². The van der Waals surface area contributed by atoms with Crippen LogP contribution in [0.3, 0.4) is 0 Å². The molecule has 0 saturated heterocycles. The van der Waals surface area contributed by atoms with Crippen molar-refractivity contribution in [3.63, 3.8) is 0 Å². The molecule has 0 spiro atoms. The quantitative estimate of drug-likeness (QED) is 0.286. The summed E-state index contributed by atoms with van der Waals surface area (Å²) < 4.78 is 23.9. The van der Waals surface area contributed by atoms with E-state index in [1.54, 1.807) is 0 Å². The third-order valence-corrected chi connectivity index (χ3v) is 10.9. The molecular weight excluding hydrogens is 336 g/mol. The molecule has 1 atom stereocenters. The van der Waals surface area contributed by atoms with Gasteiger partial charge < -0.3 is 18.3 Å². The third kappa shape index (κ3) is 9.25. The molecule has 0 bridgehead atoms. The molecule has 0 N–H and O–H groups in total. The van der Waals surface area contributed by atoms with Crippen molar-refractivity contribution in [2.24, 2.45) is 0 Å². The fourth-order valence-corrected chi connectivity index (χ4v) is 7.02. The predicted octanol–water partition coefficient (Wildman–Crippen LogP) is 5.34. The number of allylic oxidation sites excluding steroid dienone is 1. The normalized spacial score (nSPS) is 14.1. The SMILES string of the molecule is CCO/C(C)=C\O[Si](CC)(CC)CC(CO[Si](CC)CC)OCC. The zero-order valence-corrected chi connectivity index (χ0v) is 18.9. The van der Waals surface area contributed by atoms with Gasteiger partial charge in [-0.15, -0.1) is 0 Å². The summed E-state index contributed by atoms with van der Waals surface area (Å²) in [6, 6.07) is 5.42. The fourth-order valence-electron chi connectivity index (χ4n) is 2.70. The maximum atomic E-state index is 6.30. The lowest BCUT2D eigenvalue weighted by molar-refractivity contribution is 0.0362. The van der Waals surface area contributed by atoms with Gasteiger partial charge in [-0.2, -0.15) is 0 Å². The summed E-state index contributed by atoms with van der Waals surface area (Å²) in [7, 11) is -2.55. The van der Waals surface area contributed by atoms with Crippen molar-refractivity contribution in [1.82, 2.24) is 0 Å². The maximum Gasteiger partial charge on any atom is 0.252 e. The average molecular weight is 376 g/mol. The molecule has 24 heavy (non-hydrogen) atoms. The van der Waals surface area contributed by atoms with Crippen molar-refractivity contribution >= 4 is 17.4 Å². The van der Waals surface area contributed by atoms with E-state index < -0.39 is 17.4 Å². The highest BCUT2D eigenvalue weighted by Gasteiger charge is 2.36. The van der Waals surface area contributed by atoms with Crippen molar-refractivity contribution in [2.75, 3.05) is 19.8 Å². The summed E-state index contributed by atoms with van der Waals surface area (Å²) in [5.74, 6) is 0.850. The van der Waals surface area contributed by atoms with Crippen LogP contribution in [0.15, 0.2) is 12.0 Å². The second-order valence-electron chi connectivity index (χ2n) is 6.01. The van der Waals surface area contributed by atoms with Gasteiger partial charge in [-0.1, -0.05) is 27.7 Å². The molecule has 0 amide bonds. The van der Waals surface area contributed by atoms with Crippen molar-refractivity contribution in [1.29, 1.82) is 0 Å². The van der Waals surface area contributed by atoms with E-state index in [0.717, 1.165) is 42.6 Å². The molecule has 0 aliphatic carbocycles. The van der Waals surface area contributed by atoms with Gasteiger partial charge in [-0.05, 0) is 44.9 Å². The molecular formula is C18H39O4Si2. The van der Waals surface area contributed by atoms with Gasteiger partial charge in [0.2, 0.25) is 9.04 Å². The number of hydrogen-bond donors (Lipinski definition) is 0. The van der Waals surface area contributed by atoms with Gasteiger partial charge in [0.05, 0.1) is 19.3 Å². The summed E-state index contributed by atoms with van der Waals surface area (Å²) in [6.07, 6.45) is 1.96. The highest BCUT2D eigenvalue weighted by molar-refractivity contribution is 6.74. The first-order valence-corrected chi connectivity index (χ1v) is 13.9. The van der Waals surface area contributed by atoms with Crippen molar-refractivity contribution in [2.45, 2.75) is 84.8 Å². The van der Waals surface area contributed by atoms with Gasteiger partial charge in [-0.3, -0.25) is 0 Å². The molecule has 0 rings (SSSR count). The minimum atomic E-state index is -1.88. The summed E-state index contributed by atoms with van der Waals surface area (Å²) in [6.45, 7) is 17.0. The smallest absolute Gasteiger partial charge is 0.252 e. The largest absolute Gasteiger partial charge is 0.546 e. The van der Waals surface area contributed by atoms with Crippen molar-refractivity contribution < 1.29 is 18.3 Å². The Bertz CT molecular complexity index is 329. The molecule has 0 saturated carbocycles. The van der Waals surface area contributed by atoms with Crippen LogP contribution in [0.4, 0.5) is 0 Å². The zero-order valence-electron chi connectivity index (χ0n) is 16.9. The zero-order chi connectivity index (χ0) is 18.4. The van der Waals surface area contributed by atoms with Crippen molar-refractivity contribution in [3.05, 3.63) is 12.0 Å². The van der Waals surface area contributed by atoms with Gasteiger partial charge in [0, 0.05) is 12.7 Å². The molecule has 0 aliphatic rings. The number of hydrogen-bond acceptors (Lipinski definition) is 4. The summed E-state index contributed by atoms with van der Waals surface area (Å²) in [5.41, 5.74) is 0. The molecule has 0 aliphatic heterocycles. The van der Waals surface area contributed by atoms with Gasteiger partial charge in [0.15, 0.2) is 0 Å². The Labute approximate surface area is 152 Å². The Morgan fingerprint density at radius 3 is 2.08 bits per heavy atom. The van der Waals surface area contributed by atoms with Gasteiger partial charge in [0.1, 0.15) is 12.0 Å². The van der Waals surface area contributed by atoms with E-state index >= 15 is 0 Å². The van der Waals surface area contributed by atoms with Crippen LogP contribution in [0.5, 0.6) is 0 Å². The van der Waals surface area contributed by atoms with E-state index in [0.29, 0.717) is 13.2 Å². The second-order valence-corrected chi connectivity index (χ2v) is 13.2. The number of rotatable bonds is 15. The Morgan fingerprint density at radius 1 is 1.00 bits per heavy atom. The fraction of sp³-hybridized carbons (Fsp3) is 0.889. The minimum absolute atomic E-state index is 0.139. The van der Waals surface area contributed by atoms with E-state index in [2.05, 4.69) is 34.6 Å². The Balaban J connectivity index is 4.88. The summed E-state index contributed by atoms with van der Waals surface area (Å²) >= 11 is 0. The molecule has 1 unspecified atom stereocenters. The summed E-state index contributed by atoms with van der Waals surface area (Å²) in [5, 5.41) is 0. The van der Waals surface area contributed by atoms with E-state index in [4.69, 9.17) is 18.3 Å². The Morgan fingerprint density at radius 2 is 1.62 bits per heavy atom. The minimum Gasteiger partial charge on any atom is -0.546 e.